The number of aliphatic hydroxyl groups is 1. The molecule has 3 unspecified atom stereocenters. The van der Waals surface area contributed by atoms with E-state index in [1.165, 1.54) is 6.42 Å². The van der Waals surface area contributed by atoms with Crippen LogP contribution in [0.5, 0.6) is 0 Å². The van der Waals surface area contributed by atoms with Crippen LogP contribution >= 0.6 is 0 Å². The van der Waals surface area contributed by atoms with E-state index in [-0.39, 0.29) is 6.10 Å². The van der Waals surface area contributed by atoms with Crippen LogP contribution in [-0.2, 0) is 4.74 Å². The van der Waals surface area contributed by atoms with Crippen LogP contribution in [0.4, 0.5) is 0 Å². The summed E-state index contributed by atoms with van der Waals surface area (Å²) in [7, 11) is 0. The molecule has 2 nitrogen and oxygen atoms in total. The lowest BCUT2D eigenvalue weighted by Crippen LogP contribution is -2.44. The van der Waals surface area contributed by atoms with Crippen LogP contribution in [0.25, 0.3) is 0 Å². The normalized spacial score (nSPS) is 32.7. The van der Waals surface area contributed by atoms with Gasteiger partial charge >= 0.3 is 0 Å². The standard InChI is InChI=1S/C16H18O2/c1-15(17,12-10-13-7-3-2-4-8-13)16-11-6-5-9-14(16)18-16/h2-4,7-8,14,17H,5-6,9,11H2,1H3. The average Bonchev–Trinajstić information content (AvgIpc) is 3.14. The Morgan fingerprint density at radius 3 is 2.83 bits per heavy atom. The molecule has 1 heterocycles. The highest BCUT2D eigenvalue weighted by Gasteiger charge is 2.66. The van der Waals surface area contributed by atoms with E-state index in [0.29, 0.717) is 0 Å². The van der Waals surface area contributed by atoms with Crippen LogP contribution in [-0.4, -0.2) is 22.4 Å². The molecule has 1 saturated heterocycles. The first-order valence-corrected chi connectivity index (χ1v) is 6.62. The van der Waals surface area contributed by atoms with Crippen molar-refractivity contribution in [1.29, 1.82) is 0 Å². The third kappa shape index (κ3) is 1.84. The zero-order chi connectivity index (χ0) is 12.6. The quantitative estimate of drug-likeness (QED) is 0.606. The summed E-state index contributed by atoms with van der Waals surface area (Å²) in [5.74, 6) is 6.06. The molecule has 2 heteroatoms. The summed E-state index contributed by atoms with van der Waals surface area (Å²) in [6, 6.07) is 9.77. The van der Waals surface area contributed by atoms with Crippen molar-refractivity contribution in [2.75, 3.05) is 0 Å². The Bertz CT molecular complexity index is 495. The van der Waals surface area contributed by atoms with Gasteiger partial charge in [-0.15, -0.1) is 0 Å². The van der Waals surface area contributed by atoms with Crippen molar-refractivity contribution >= 4 is 0 Å². The van der Waals surface area contributed by atoms with Crippen LogP contribution in [0, 0.1) is 11.8 Å². The molecule has 0 bridgehead atoms. The van der Waals surface area contributed by atoms with E-state index in [2.05, 4.69) is 11.8 Å². The molecule has 0 radical (unpaired) electrons. The van der Waals surface area contributed by atoms with Crippen LogP contribution < -0.4 is 0 Å². The number of ether oxygens (including phenoxy) is 1. The molecule has 1 aliphatic carbocycles. The van der Waals surface area contributed by atoms with Gasteiger partial charge in [0.2, 0.25) is 0 Å². The van der Waals surface area contributed by atoms with E-state index in [1.54, 1.807) is 6.92 Å². The fraction of sp³-hybridized carbons (Fsp3) is 0.500. The Morgan fingerprint density at radius 1 is 1.33 bits per heavy atom. The molecule has 0 spiro atoms. The summed E-state index contributed by atoms with van der Waals surface area (Å²) >= 11 is 0. The minimum Gasteiger partial charge on any atom is -0.375 e. The predicted molar refractivity (Wildman–Crippen MR) is 70.0 cm³/mol. The molecular formula is C16H18O2. The predicted octanol–water partition coefficient (Wildman–Crippen LogP) is 2.50. The highest BCUT2D eigenvalue weighted by molar-refractivity contribution is 5.38. The van der Waals surface area contributed by atoms with Gasteiger partial charge in [-0.1, -0.05) is 42.9 Å². The Labute approximate surface area is 108 Å². The van der Waals surface area contributed by atoms with Crippen molar-refractivity contribution in [2.24, 2.45) is 0 Å². The average molecular weight is 242 g/mol. The fourth-order valence-electron chi connectivity index (χ4n) is 2.94. The lowest BCUT2D eigenvalue weighted by molar-refractivity contribution is 0.0220. The van der Waals surface area contributed by atoms with Gasteiger partial charge in [0.15, 0.2) is 5.60 Å². The third-order valence-corrected chi connectivity index (χ3v) is 4.13. The van der Waals surface area contributed by atoms with E-state index in [1.807, 2.05) is 30.3 Å². The second-order valence-corrected chi connectivity index (χ2v) is 5.43. The molecule has 2 aliphatic rings. The molecule has 1 saturated carbocycles. The molecule has 1 aromatic carbocycles. The smallest absolute Gasteiger partial charge is 0.154 e. The number of fused-ring (bicyclic) bond motifs is 1. The first-order chi connectivity index (χ1) is 8.64. The molecule has 1 aliphatic heterocycles. The van der Waals surface area contributed by atoms with Gasteiger partial charge in [0, 0.05) is 5.56 Å². The lowest BCUT2D eigenvalue weighted by Gasteiger charge is -2.28. The Hall–Kier alpha value is -1.30. The second-order valence-electron chi connectivity index (χ2n) is 5.43. The molecule has 3 rings (SSSR count). The number of hydrogen-bond donors (Lipinski definition) is 1. The highest BCUT2D eigenvalue weighted by atomic mass is 16.6. The molecule has 94 valence electrons. The summed E-state index contributed by atoms with van der Waals surface area (Å²) in [6.07, 6.45) is 4.53. The third-order valence-electron chi connectivity index (χ3n) is 4.13. The lowest BCUT2D eigenvalue weighted by atomic mass is 9.77. The summed E-state index contributed by atoms with van der Waals surface area (Å²) in [5.41, 5.74) is -0.511. The fourth-order valence-corrected chi connectivity index (χ4v) is 2.94. The molecule has 18 heavy (non-hydrogen) atoms. The monoisotopic (exact) mass is 242 g/mol. The molecular weight excluding hydrogens is 224 g/mol. The van der Waals surface area contributed by atoms with E-state index in [9.17, 15) is 5.11 Å². The number of hydrogen-bond acceptors (Lipinski definition) is 2. The van der Waals surface area contributed by atoms with Gasteiger partial charge in [0.05, 0.1) is 6.10 Å². The summed E-state index contributed by atoms with van der Waals surface area (Å²) in [4.78, 5) is 0. The zero-order valence-corrected chi connectivity index (χ0v) is 10.6. The Balaban J connectivity index is 1.82. The minimum absolute atomic E-state index is 0.214. The van der Waals surface area contributed by atoms with Crippen LogP contribution in [0.3, 0.4) is 0 Å². The van der Waals surface area contributed by atoms with E-state index < -0.39 is 11.2 Å². The van der Waals surface area contributed by atoms with Crippen molar-refractivity contribution in [3.63, 3.8) is 0 Å². The summed E-state index contributed by atoms with van der Waals surface area (Å²) in [5, 5.41) is 10.6. The number of rotatable bonds is 1. The molecule has 2 fully saturated rings. The molecule has 1 aromatic rings. The van der Waals surface area contributed by atoms with E-state index >= 15 is 0 Å². The van der Waals surface area contributed by atoms with Crippen molar-refractivity contribution in [1.82, 2.24) is 0 Å². The van der Waals surface area contributed by atoms with E-state index in [4.69, 9.17) is 4.74 Å². The topological polar surface area (TPSA) is 32.8 Å². The maximum atomic E-state index is 10.6. The first kappa shape index (κ1) is 11.8. The van der Waals surface area contributed by atoms with Crippen LogP contribution in [0.1, 0.15) is 38.2 Å². The van der Waals surface area contributed by atoms with Gasteiger partial charge in [-0.3, -0.25) is 0 Å². The van der Waals surface area contributed by atoms with Crippen LogP contribution in [0.15, 0.2) is 30.3 Å². The molecule has 0 aromatic heterocycles. The number of epoxide rings is 1. The molecule has 1 N–H and O–H groups in total. The molecule has 3 atom stereocenters. The van der Waals surface area contributed by atoms with Gasteiger partial charge in [-0.2, -0.15) is 0 Å². The maximum Gasteiger partial charge on any atom is 0.154 e. The molecule has 0 amide bonds. The van der Waals surface area contributed by atoms with Gasteiger partial charge in [0.25, 0.3) is 0 Å². The first-order valence-electron chi connectivity index (χ1n) is 6.62. The second kappa shape index (κ2) is 4.12. The van der Waals surface area contributed by atoms with Gasteiger partial charge in [-0.05, 0) is 31.9 Å². The van der Waals surface area contributed by atoms with Crippen LogP contribution in [0.2, 0.25) is 0 Å². The van der Waals surface area contributed by atoms with Crippen molar-refractivity contribution in [3.05, 3.63) is 35.9 Å². The minimum atomic E-state index is -1.05. The van der Waals surface area contributed by atoms with Crippen molar-refractivity contribution in [2.45, 2.75) is 49.9 Å². The largest absolute Gasteiger partial charge is 0.375 e. The van der Waals surface area contributed by atoms with Crippen molar-refractivity contribution in [3.8, 4) is 11.8 Å². The summed E-state index contributed by atoms with van der Waals surface area (Å²) in [6.45, 7) is 1.79. The van der Waals surface area contributed by atoms with Gasteiger partial charge < -0.3 is 9.84 Å². The summed E-state index contributed by atoms with van der Waals surface area (Å²) < 4.78 is 5.77. The zero-order valence-electron chi connectivity index (χ0n) is 10.6. The van der Waals surface area contributed by atoms with Gasteiger partial charge in [0.1, 0.15) is 5.60 Å². The SMILES string of the molecule is CC(O)(C#Cc1ccccc1)C12CCCCC1O2. The highest BCUT2D eigenvalue weighted by Crippen LogP contribution is 2.53. The Morgan fingerprint density at radius 2 is 2.11 bits per heavy atom. The Kier molecular flexibility index (Phi) is 2.69. The maximum absolute atomic E-state index is 10.6. The number of benzene rings is 1. The van der Waals surface area contributed by atoms with Crippen molar-refractivity contribution < 1.29 is 9.84 Å². The van der Waals surface area contributed by atoms with E-state index in [0.717, 1.165) is 24.8 Å². The van der Waals surface area contributed by atoms with Gasteiger partial charge in [-0.25, -0.2) is 0 Å².